The van der Waals surface area contributed by atoms with Gasteiger partial charge in [0.15, 0.2) is 0 Å². The van der Waals surface area contributed by atoms with Gasteiger partial charge < -0.3 is 15.0 Å². The Morgan fingerprint density at radius 2 is 1.95 bits per heavy atom. The van der Waals surface area contributed by atoms with Crippen molar-refractivity contribution in [1.82, 2.24) is 10.2 Å². The Balaban J connectivity index is 2.24. The molecule has 5 nitrogen and oxygen atoms in total. The van der Waals surface area contributed by atoms with Crippen molar-refractivity contribution in [1.29, 1.82) is 0 Å². The third-order valence-electron chi connectivity index (χ3n) is 4.45. The monoisotopic (exact) mass is 268 g/mol. The minimum absolute atomic E-state index is 0.0157. The van der Waals surface area contributed by atoms with Crippen LogP contribution in [0.4, 0.5) is 0 Å². The molecule has 1 unspecified atom stereocenters. The fourth-order valence-electron chi connectivity index (χ4n) is 2.95. The van der Waals surface area contributed by atoms with Crippen molar-refractivity contribution >= 4 is 11.8 Å². The average Bonchev–Trinajstić information content (AvgIpc) is 3.23. The van der Waals surface area contributed by atoms with Crippen molar-refractivity contribution in [3.05, 3.63) is 0 Å². The number of methoxy groups -OCH3 is 1. The molecule has 2 amide bonds. The van der Waals surface area contributed by atoms with Gasteiger partial charge in [-0.15, -0.1) is 0 Å². The molecule has 0 spiro atoms. The minimum Gasteiger partial charge on any atom is -0.383 e. The van der Waals surface area contributed by atoms with Gasteiger partial charge in [0.05, 0.1) is 6.61 Å². The molecule has 19 heavy (non-hydrogen) atoms. The zero-order chi connectivity index (χ0) is 14.0. The van der Waals surface area contributed by atoms with Crippen LogP contribution in [0.1, 0.15) is 39.5 Å². The predicted molar refractivity (Wildman–Crippen MR) is 71.6 cm³/mol. The van der Waals surface area contributed by atoms with Gasteiger partial charge >= 0.3 is 0 Å². The lowest BCUT2D eigenvalue weighted by Crippen LogP contribution is -2.70. The lowest BCUT2D eigenvalue weighted by Gasteiger charge is -2.45. The van der Waals surface area contributed by atoms with Gasteiger partial charge in [-0.3, -0.25) is 9.59 Å². The maximum atomic E-state index is 12.8. The van der Waals surface area contributed by atoms with Gasteiger partial charge in [-0.05, 0) is 31.6 Å². The van der Waals surface area contributed by atoms with Gasteiger partial charge in [-0.25, -0.2) is 0 Å². The lowest BCUT2D eigenvalue weighted by atomic mass is 9.86. The van der Waals surface area contributed by atoms with Gasteiger partial charge in [0.2, 0.25) is 11.8 Å². The average molecular weight is 268 g/mol. The van der Waals surface area contributed by atoms with Crippen LogP contribution >= 0.6 is 0 Å². The molecule has 0 aromatic heterocycles. The third-order valence-corrected chi connectivity index (χ3v) is 4.45. The molecule has 0 aromatic rings. The zero-order valence-electron chi connectivity index (χ0n) is 12.1. The van der Waals surface area contributed by atoms with Crippen molar-refractivity contribution < 1.29 is 14.3 Å². The summed E-state index contributed by atoms with van der Waals surface area (Å²) in [6.07, 6.45) is 3.35. The van der Waals surface area contributed by atoms with Crippen molar-refractivity contribution in [2.24, 2.45) is 5.92 Å². The molecule has 1 atom stereocenters. The Morgan fingerprint density at radius 3 is 2.42 bits per heavy atom. The second kappa shape index (κ2) is 5.49. The molecule has 0 bridgehead atoms. The summed E-state index contributed by atoms with van der Waals surface area (Å²) < 4.78 is 5.09. The molecular weight excluding hydrogens is 244 g/mol. The highest BCUT2D eigenvalue weighted by atomic mass is 16.5. The Morgan fingerprint density at radius 1 is 1.32 bits per heavy atom. The number of piperazine rings is 1. The molecule has 2 fully saturated rings. The van der Waals surface area contributed by atoms with Crippen LogP contribution in [0.5, 0.6) is 0 Å². The molecule has 1 aliphatic carbocycles. The maximum absolute atomic E-state index is 12.8. The smallest absolute Gasteiger partial charge is 0.249 e. The summed E-state index contributed by atoms with van der Waals surface area (Å²) >= 11 is 0. The van der Waals surface area contributed by atoms with E-state index in [4.69, 9.17) is 4.74 Å². The molecule has 1 N–H and O–H groups in total. The van der Waals surface area contributed by atoms with Crippen LogP contribution in [0.2, 0.25) is 0 Å². The first-order valence-electron chi connectivity index (χ1n) is 7.21. The Labute approximate surface area is 114 Å². The van der Waals surface area contributed by atoms with Crippen molar-refractivity contribution in [2.75, 3.05) is 20.3 Å². The van der Waals surface area contributed by atoms with E-state index in [-0.39, 0.29) is 17.9 Å². The summed E-state index contributed by atoms with van der Waals surface area (Å²) in [5.41, 5.74) is -0.712. The summed E-state index contributed by atoms with van der Waals surface area (Å²) in [5.74, 6) is 0.417. The number of carbonyl (C=O) groups is 2. The van der Waals surface area contributed by atoms with Crippen LogP contribution in [0.15, 0.2) is 0 Å². The summed E-state index contributed by atoms with van der Waals surface area (Å²) in [6.45, 7) is 4.89. The first-order valence-corrected chi connectivity index (χ1v) is 7.21. The van der Waals surface area contributed by atoms with Crippen LogP contribution in [-0.4, -0.2) is 48.6 Å². The highest BCUT2D eigenvalue weighted by Crippen LogP contribution is 2.39. The van der Waals surface area contributed by atoms with E-state index in [0.717, 1.165) is 12.8 Å². The second-order valence-corrected chi connectivity index (χ2v) is 5.55. The van der Waals surface area contributed by atoms with E-state index in [1.165, 1.54) is 0 Å². The van der Waals surface area contributed by atoms with E-state index in [1.807, 2.05) is 13.8 Å². The Bertz CT molecular complexity index is 362. The van der Waals surface area contributed by atoms with E-state index < -0.39 is 5.54 Å². The molecule has 1 saturated heterocycles. The van der Waals surface area contributed by atoms with Crippen molar-refractivity contribution in [3.63, 3.8) is 0 Å². The fourth-order valence-corrected chi connectivity index (χ4v) is 2.95. The van der Waals surface area contributed by atoms with Gasteiger partial charge in [0.25, 0.3) is 0 Å². The second-order valence-electron chi connectivity index (χ2n) is 5.55. The molecule has 5 heteroatoms. The number of hydrogen-bond acceptors (Lipinski definition) is 3. The zero-order valence-corrected chi connectivity index (χ0v) is 12.1. The quantitative estimate of drug-likeness (QED) is 0.779. The van der Waals surface area contributed by atoms with Crippen LogP contribution < -0.4 is 5.32 Å². The van der Waals surface area contributed by atoms with Crippen LogP contribution in [0, 0.1) is 5.92 Å². The molecule has 2 rings (SSSR count). The summed E-state index contributed by atoms with van der Waals surface area (Å²) in [6, 6.07) is -0.283. The third kappa shape index (κ3) is 2.48. The number of carbonyl (C=O) groups excluding carboxylic acids is 2. The minimum atomic E-state index is -0.712. The lowest BCUT2D eigenvalue weighted by molar-refractivity contribution is -0.157. The van der Waals surface area contributed by atoms with Crippen molar-refractivity contribution in [2.45, 2.75) is 51.1 Å². The highest BCUT2D eigenvalue weighted by Gasteiger charge is 2.52. The standard InChI is InChI=1S/C14H24N2O3/c1-4-14(5-2)13(18)16(8-9-19-3)11(10-6-7-10)12(17)15-14/h10-11H,4-9H2,1-3H3,(H,15,17). The number of rotatable bonds is 6. The highest BCUT2D eigenvalue weighted by molar-refractivity contribution is 6.00. The van der Waals surface area contributed by atoms with Gasteiger partial charge in [-0.1, -0.05) is 13.8 Å². The summed E-state index contributed by atoms with van der Waals surface area (Å²) in [4.78, 5) is 26.9. The number of hydrogen-bond donors (Lipinski definition) is 1. The number of nitrogens with one attached hydrogen (secondary N) is 1. The molecule has 1 saturated carbocycles. The van der Waals surface area contributed by atoms with E-state index in [1.54, 1.807) is 12.0 Å². The molecule has 0 aromatic carbocycles. The van der Waals surface area contributed by atoms with Gasteiger partial charge in [0.1, 0.15) is 11.6 Å². The number of nitrogens with zero attached hydrogens (tertiary/aromatic N) is 1. The van der Waals surface area contributed by atoms with Crippen molar-refractivity contribution in [3.8, 4) is 0 Å². The molecular formula is C14H24N2O3. The first-order chi connectivity index (χ1) is 9.09. The van der Waals surface area contributed by atoms with Crippen LogP contribution in [0.3, 0.4) is 0 Å². The van der Waals surface area contributed by atoms with E-state index in [0.29, 0.717) is 31.9 Å². The first kappa shape index (κ1) is 14.3. The van der Waals surface area contributed by atoms with Gasteiger partial charge in [0, 0.05) is 13.7 Å². The normalized spacial score (nSPS) is 26.5. The fraction of sp³-hybridized carbons (Fsp3) is 0.857. The van der Waals surface area contributed by atoms with Gasteiger partial charge in [-0.2, -0.15) is 0 Å². The molecule has 0 radical (unpaired) electrons. The Hall–Kier alpha value is -1.10. The Kier molecular flexibility index (Phi) is 4.13. The molecule has 1 aliphatic heterocycles. The molecule has 2 aliphatic rings. The van der Waals surface area contributed by atoms with Crippen LogP contribution in [0.25, 0.3) is 0 Å². The number of ether oxygens (including phenoxy) is 1. The SMILES string of the molecule is CCC1(CC)NC(=O)C(C2CC2)N(CCOC)C1=O. The topological polar surface area (TPSA) is 58.6 Å². The van der Waals surface area contributed by atoms with E-state index >= 15 is 0 Å². The molecule has 1 heterocycles. The van der Waals surface area contributed by atoms with E-state index in [9.17, 15) is 9.59 Å². The summed E-state index contributed by atoms with van der Waals surface area (Å²) in [7, 11) is 1.62. The maximum Gasteiger partial charge on any atom is 0.249 e. The number of amides is 2. The van der Waals surface area contributed by atoms with Crippen LogP contribution in [-0.2, 0) is 14.3 Å². The largest absolute Gasteiger partial charge is 0.383 e. The molecule has 108 valence electrons. The van der Waals surface area contributed by atoms with E-state index in [2.05, 4.69) is 5.32 Å². The summed E-state index contributed by atoms with van der Waals surface area (Å²) in [5, 5.41) is 2.99. The predicted octanol–water partition coefficient (Wildman–Crippen LogP) is 0.929.